The second kappa shape index (κ2) is 5.50. The number of hydrogen-bond donors (Lipinski definition) is 0. The Hall–Kier alpha value is -3.08. The standard InChI is InChI=1S/C16H11N3O2/c20-19(21)16-8-4-2-6-13(16)10-17-14-9-12-5-1-3-7-15(12)18-11-14/h1-11H. The third-order valence-corrected chi connectivity index (χ3v) is 3.06. The van der Waals surface area contributed by atoms with Crippen molar-refractivity contribution in [1.82, 2.24) is 4.98 Å². The molecule has 1 heterocycles. The molecule has 5 nitrogen and oxygen atoms in total. The largest absolute Gasteiger partial charge is 0.278 e. The number of nitrogens with zero attached hydrogens (tertiary/aromatic N) is 3. The lowest BCUT2D eigenvalue weighted by Crippen LogP contribution is -1.93. The van der Waals surface area contributed by atoms with Gasteiger partial charge in [-0.05, 0) is 18.2 Å². The molecule has 0 atom stereocenters. The highest BCUT2D eigenvalue weighted by Crippen LogP contribution is 2.20. The second-order valence-corrected chi connectivity index (χ2v) is 4.46. The monoisotopic (exact) mass is 277 g/mol. The van der Waals surface area contributed by atoms with E-state index in [1.54, 1.807) is 24.4 Å². The molecule has 0 amide bonds. The van der Waals surface area contributed by atoms with Gasteiger partial charge in [-0.3, -0.25) is 20.1 Å². The van der Waals surface area contributed by atoms with Gasteiger partial charge in [-0.15, -0.1) is 0 Å². The lowest BCUT2D eigenvalue weighted by Gasteiger charge is -1.99. The van der Waals surface area contributed by atoms with Crippen LogP contribution in [0.15, 0.2) is 65.8 Å². The van der Waals surface area contributed by atoms with Gasteiger partial charge < -0.3 is 0 Å². The van der Waals surface area contributed by atoms with Crippen molar-refractivity contribution >= 4 is 28.5 Å². The molecule has 21 heavy (non-hydrogen) atoms. The molecule has 5 heteroatoms. The molecule has 0 N–H and O–H groups in total. The molecule has 0 saturated carbocycles. The molecule has 3 aromatic rings. The van der Waals surface area contributed by atoms with Crippen molar-refractivity contribution in [2.45, 2.75) is 0 Å². The highest BCUT2D eigenvalue weighted by Gasteiger charge is 2.09. The van der Waals surface area contributed by atoms with Crippen molar-refractivity contribution in [1.29, 1.82) is 0 Å². The molecule has 0 saturated heterocycles. The first-order valence-electron chi connectivity index (χ1n) is 6.36. The summed E-state index contributed by atoms with van der Waals surface area (Å²) in [5.74, 6) is 0. The van der Waals surface area contributed by atoms with E-state index in [4.69, 9.17) is 0 Å². The van der Waals surface area contributed by atoms with Gasteiger partial charge in [-0.25, -0.2) is 0 Å². The lowest BCUT2D eigenvalue weighted by atomic mass is 10.2. The average molecular weight is 277 g/mol. The van der Waals surface area contributed by atoms with Gasteiger partial charge in [0.15, 0.2) is 0 Å². The SMILES string of the molecule is O=[N+]([O-])c1ccccc1C=Nc1cnc2ccccc2c1. The molecule has 1 aromatic heterocycles. The van der Waals surface area contributed by atoms with Gasteiger partial charge in [0.1, 0.15) is 0 Å². The summed E-state index contributed by atoms with van der Waals surface area (Å²) >= 11 is 0. The van der Waals surface area contributed by atoms with E-state index >= 15 is 0 Å². The van der Waals surface area contributed by atoms with Gasteiger partial charge in [0.05, 0.1) is 27.9 Å². The fourth-order valence-corrected chi connectivity index (χ4v) is 2.04. The van der Waals surface area contributed by atoms with Crippen LogP contribution >= 0.6 is 0 Å². The van der Waals surface area contributed by atoms with Crippen molar-refractivity contribution in [2.24, 2.45) is 4.99 Å². The van der Waals surface area contributed by atoms with Crippen LogP contribution in [0.2, 0.25) is 0 Å². The Kier molecular flexibility index (Phi) is 3.39. The molecule has 2 aromatic carbocycles. The van der Waals surface area contributed by atoms with Crippen molar-refractivity contribution in [2.75, 3.05) is 0 Å². The van der Waals surface area contributed by atoms with E-state index in [0.717, 1.165) is 10.9 Å². The Morgan fingerprint density at radius 1 is 1.10 bits per heavy atom. The summed E-state index contributed by atoms with van der Waals surface area (Å²) in [5.41, 5.74) is 2.06. The molecule has 102 valence electrons. The predicted octanol–water partition coefficient (Wildman–Crippen LogP) is 3.89. The number of aliphatic imine (C=N–C) groups is 1. The Morgan fingerprint density at radius 2 is 1.86 bits per heavy atom. The number of pyridine rings is 1. The minimum Gasteiger partial charge on any atom is -0.258 e. The Labute approximate surface area is 120 Å². The van der Waals surface area contributed by atoms with Crippen LogP contribution in [-0.2, 0) is 0 Å². The fraction of sp³-hybridized carbons (Fsp3) is 0. The normalized spacial score (nSPS) is 11.0. The van der Waals surface area contributed by atoms with E-state index in [0.29, 0.717) is 11.3 Å². The van der Waals surface area contributed by atoms with Crippen LogP contribution in [0.1, 0.15) is 5.56 Å². The fourth-order valence-electron chi connectivity index (χ4n) is 2.04. The van der Waals surface area contributed by atoms with Crippen molar-refractivity contribution in [3.8, 4) is 0 Å². The summed E-state index contributed by atoms with van der Waals surface area (Å²) in [5, 5.41) is 11.9. The van der Waals surface area contributed by atoms with Gasteiger partial charge in [-0.1, -0.05) is 30.3 Å². The maximum Gasteiger partial charge on any atom is 0.278 e. The molecule has 0 aliphatic heterocycles. The van der Waals surface area contributed by atoms with Crippen molar-refractivity contribution in [3.05, 3.63) is 76.5 Å². The van der Waals surface area contributed by atoms with Gasteiger partial charge in [-0.2, -0.15) is 0 Å². The quantitative estimate of drug-likeness (QED) is 0.414. The topological polar surface area (TPSA) is 68.4 Å². The molecule has 0 radical (unpaired) electrons. The second-order valence-electron chi connectivity index (χ2n) is 4.46. The van der Waals surface area contributed by atoms with Gasteiger partial charge >= 0.3 is 0 Å². The minimum absolute atomic E-state index is 0.0370. The first kappa shape index (κ1) is 12.9. The molecule has 0 bridgehead atoms. The first-order valence-corrected chi connectivity index (χ1v) is 6.36. The van der Waals surface area contributed by atoms with Gasteiger partial charge in [0.2, 0.25) is 0 Å². The van der Waals surface area contributed by atoms with Crippen LogP contribution in [0, 0.1) is 10.1 Å². The van der Waals surface area contributed by atoms with E-state index < -0.39 is 4.92 Å². The zero-order valence-electron chi connectivity index (χ0n) is 11.0. The predicted molar refractivity (Wildman–Crippen MR) is 82.1 cm³/mol. The number of nitro benzene ring substituents is 1. The average Bonchev–Trinajstić information content (AvgIpc) is 2.53. The number of rotatable bonds is 3. The Morgan fingerprint density at radius 3 is 2.71 bits per heavy atom. The van der Waals surface area contributed by atoms with Crippen LogP contribution in [0.4, 0.5) is 11.4 Å². The first-order chi connectivity index (χ1) is 10.2. The van der Waals surface area contributed by atoms with E-state index in [-0.39, 0.29) is 5.69 Å². The third-order valence-electron chi connectivity index (χ3n) is 3.06. The minimum atomic E-state index is -0.417. The summed E-state index contributed by atoms with van der Waals surface area (Å²) < 4.78 is 0. The molecular weight excluding hydrogens is 266 g/mol. The summed E-state index contributed by atoms with van der Waals surface area (Å²) in [6.45, 7) is 0. The zero-order valence-corrected chi connectivity index (χ0v) is 11.0. The summed E-state index contributed by atoms with van der Waals surface area (Å²) in [4.78, 5) is 19.1. The van der Waals surface area contributed by atoms with Crippen LogP contribution in [0.25, 0.3) is 10.9 Å². The molecule has 0 aliphatic carbocycles. The molecule has 0 spiro atoms. The van der Waals surface area contributed by atoms with E-state index in [9.17, 15) is 10.1 Å². The van der Waals surface area contributed by atoms with Crippen molar-refractivity contribution < 1.29 is 4.92 Å². The zero-order chi connectivity index (χ0) is 14.7. The highest BCUT2D eigenvalue weighted by molar-refractivity contribution is 5.88. The van der Waals surface area contributed by atoms with Crippen molar-refractivity contribution in [3.63, 3.8) is 0 Å². The molecule has 0 aliphatic rings. The van der Waals surface area contributed by atoms with Gasteiger partial charge in [0.25, 0.3) is 5.69 Å². The molecular formula is C16H11N3O2. The van der Waals surface area contributed by atoms with E-state index in [1.807, 2.05) is 30.3 Å². The summed E-state index contributed by atoms with van der Waals surface area (Å²) in [6.07, 6.45) is 3.14. The van der Waals surface area contributed by atoms with Crippen LogP contribution < -0.4 is 0 Å². The summed E-state index contributed by atoms with van der Waals surface area (Å²) in [7, 11) is 0. The number of hydrogen-bond acceptors (Lipinski definition) is 4. The van der Waals surface area contributed by atoms with Crippen LogP contribution in [0.3, 0.4) is 0 Å². The Bertz CT molecular complexity index is 844. The van der Waals surface area contributed by atoms with Gasteiger partial charge in [0, 0.05) is 17.7 Å². The number of fused-ring (bicyclic) bond motifs is 1. The molecule has 0 unspecified atom stereocenters. The highest BCUT2D eigenvalue weighted by atomic mass is 16.6. The number of aromatic nitrogens is 1. The third kappa shape index (κ3) is 2.76. The number of benzene rings is 2. The van der Waals surface area contributed by atoms with Crippen LogP contribution in [0.5, 0.6) is 0 Å². The molecule has 0 fully saturated rings. The smallest absolute Gasteiger partial charge is 0.258 e. The lowest BCUT2D eigenvalue weighted by molar-refractivity contribution is -0.385. The number of para-hydroxylation sites is 2. The Balaban J connectivity index is 1.96. The summed E-state index contributed by atoms with van der Waals surface area (Å²) in [6, 6.07) is 16.1. The van der Waals surface area contributed by atoms with E-state index in [2.05, 4.69) is 9.98 Å². The maximum absolute atomic E-state index is 10.9. The number of nitro groups is 1. The maximum atomic E-state index is 10.9. The van der Waals surface area contributed by atoms with E-state index in [1.165, 1.54) is 12.3 Å². The van der Waals surface area contributed by atoms with Crippen LogP contribution in [-0.4, -0.2) is 16.1 Å². The molecule has 3 rings (SSSR count).